The zero-order chi connectivity index (χ0) is 11.7. The van der Waals surface area contributed by atoms with Gasteiger partial charge in [0.05, 0.1) is 18.2 Å². The van der Waals surface area contributed by atoms with Crippen LogP contribution >= 0.6 is 0 Å². The number of nitrogens with zero attached hydrogens (tertiary/aromatic N) is 5. The van der Waals surface area contributed by atoms with Crippen molar-refractivity contribution in [2.75, 3.05) is 11.4 Å². The Kier molecular flexibility index (Phi) is 2.26. The zero-order valence-electron chi connectivity index (χ0n) is 9.24. The van der Waals surface area contributed by atoms with Crippen LogP contribution in [0.5, 0.6) is 0 Å². The molecule has 0 fully saturated rings. The van der Waals surface area contributed by atoms with Gasteiger partial charge in [0.1, 0.15) is 6.33 Å². The largest absolute Gasteiger partial charge is 0.362 e. The average Bonchev–Trinajstić information content (AvgIpc) is 2.86. The maximum atomic E-state index is 8.76. The highest BCUT2D eigenvalue weighted by Crippen LogP contribution is 2.20. The van der Waals surface area contributed by atoms with E-state index in [1.165, 1.54) is 0 Å². The normalized spacial score (nSPS) is 14.2. The standard InChI is InChI=1S/C12H11N5/c13-7-10-1-3-11(4-2-10)16-5-6-17-9-14-15-12(17)8-16/h1-4,9H,5-6,8H2. The molecular formula is C12H11N5. The van der Waals surface area contributed by atoms with E-state index in [1.807, 2.05) is 24.3 Å². The van der Waals surface area contributed by atoms with Gasteiger partial charge in [0, 0.05) is 18.8 Å². The van der Waals surface area contributed by atoms with Crippen LogP contribution in [0, 0.1) is 11.3 Å². The van der Waals surface area contributed by atoms with Crippen molar-refractivity contribution in [2.24, 2.45) is 0 Å². The number of aromatic nitrogens is 3. The molecule has 0 N–H and O–H groups in total. The summed E-state index contributed by atoms with van der Waals surface area (Å²) >= 11 is 0. The zero-order valence-corrected chi connectivity index (χ0v) is 9.24. The maximum Gasteiger partial charge on any atom is 0.152 e. The van der Waals surface area contributed by atoms with Gasteiger partial charge in [-0.1, -0.05) is 0 Å². The SMILES string of the molecule is N#Cc1ccc(N2CCn3cnnc3C2)cc1. The molecule has 1 aromatic heterocycles. The molecule has 0 radical (unpaired) electrons. The van der Waals surface area contributed by atoms with E-state index in [1.54, 1.807) is 6.33 Å². The van der Waals surface area contributed by atoms with E-state index in [0.717, 1.165) is 31.1 Å². The van der Waals surface area contributed by atoms with Gasteiger partial charge in [0.25, 0.3) is 0 Å². The maximum absolute atomic E-state index is 8.76. The van der Waals surface area contributed by atoms with E-state index in [2.05, 4.69) is 25.7 Å². The van der Waals surface area contributed by atoms with Crippen LogP contribution in [0.15, 0.2) is 30.6 Å². The molecule has 0 unspecified atom stereocenters. The summed E-state index contributed by atoms with van der Waals surface area (Å²) in [5.41, 5.74) is 1.81. The van der Waals surface area contributed by atoms with Gasteiger partial charge < -0.3 is 9.47 Å². The fraction of sp³-hybridized carbons (Fsp3) is 0.250. The lowest BCUT2D eigenvalue weighted by atomic mass is 10.2. The Balaban J connectivity index is 1.84. The molecule has 1 aliphatic heterocycles. The number of hydrogen-bond acceptors (Lipinski definition) is 4. The van der Waals surface area contributed by atoms with Crippen LogP contribution in [0.25, 0.3) is 0 Å². The summed E-state index contributed by atoms with van der Waals surface area (Å²) in [6.45, 7) is 2.62. The molecule has 0 spiro atoms. The Hall–Kier alpha value is -2.35. The third-order valence-electron chi connectivity index (χ3n) is 3.00. The highest BCUT2D eigenvalue weighted by molar-refractivity contribution is 5.50. The molecule has 3 rings (SSSR count). The number of benzene rings is 1. The van der Waals surface area contributed by atoms with Crippen molar-refractivity contribution < 1.29 is 0 Å². The fourth-order valence-corrected chi connectivity index (χ4v) is 2.03. The minimum atomic E-state index is 0.689. The van der Waals surface area contributed by atoms with Crippen molar-refractivity contribution in [3.05, 3.63) is 42.0 Å². The number of rotatable bonds is 1. The Morgan fingerprint density at radius 1 is 1.18 bits per heavy atom. The van der Waals surface area contributed by atoms with E-state index in [4.69, 9.17) is 5.26 Å². The van der Waals surface area contributed by atoms with Crippen LogP contribution in [0.3, 0.4) is 0 Å². The van der Waals surface area contributed by atoms with Crippen LogP contribution < -0.4 is 4.90 Å². The summed E-state index contributed by atoms with van der Waals surface area (Å²) in [5.74, 6) is 0.987. The molecule has 84 valence electrons. The molecule has 5 nitrogen and oxygen atoms in total. The lowest BCUT2D eigenvalue weighted by Crippen LogP contribution is -2.33. The Morgan fingerprint density at radius 3 is 2.76 bits per heavy atom. The van der Waals surface area contributed by atoms with Crippen molar-refractivity contribution in [3.8, 4) is 6.07 Å². The van der Waals surface area contributed by atoms with E-state index in [0.29, 0.717) is 5.56 Å². The lowest BCUT2D eigenvalue weighted by molar-refractivity contribution is 0.560. The molecule has 0 saturated carbocycles. The molecule has 1 aliphatic rings. The van der Waals surface area contributed by atoms with Gasteiger partial charge in [-0.05, 0) is 24.3 Å². The summed E-state index contributed by atoms with van der Waals surface area (Å²) in [7, 11) is 0. The van der Waals surface area contributed by atoms with Crippen LogP contribution in [-0.2, 0) is 13.1 Å². The minimum absolute atomic E-state index is 0.689. The Morgan fingerprint density at radius 2 is 2.00 bits per heavy atom. The summed E-state index contributed by atoms with van der Waals surface area (Å²) in [6.07, 6.45) is 1.77. The molecule has 0 atom stereocenters. The second-order valence-electron chi connectivity index (χ2n) is 4.02. The first-order chi connectivity index (χ1) is 8.36. The summed E-state index contributed by atoms with van der Waals surface area (Å²) in [4.78, 5) is 2.24. The smallest absolute Gasteiger partial charge is 0.152 e. The summed E-state index contributed by atoms with van der Waals surface area (Å²) in [5, 5.41) is 16.7. The van der Waals surface area contributed by atoms with Crippen molar-refractivity contribution >= 4 is 5.69 Å². The van der Waals surface area contributed by atoms with Crippen LogP contribution in [0.2, 0.25) is 0 Å². The number of nitriles is 1. The molecule has 2 heterocycles. The Labute approximate surface area is 98.9 Å². The van der Waals surface area contributed by atoms with Gasteiger partial charge in [0.15, 0.2) is 5.82 Å². The molecule has 2 aromatic rings. The van der Waals surface area contributed by atoms with Gasteiger partial charge in [-0.2, -0.15) is 5.26 Å². The molecule has 0 amide bonds. The van der Waals surface area contributed by atoms with Crippen molar-refractivity contribution in [1.82, 2.24) is 14.8 Å². The molecule has 0 saturated heterocycles. The van der Waals surface area contributed by atoms with Gasteiger partial charge in [-0.3, -0.25) is 0 Å². The van der Waals surface area contributed by atoms with E-state index in [9.17, 15) is 0 Å². The molecule has 17 heavy (non-hydrogen) atoms. The van der Waals surface area contributed by atoms with Gasteiger partial charge in [-0.15, -0.1) is 10.2 Å². The third kappa shape index (κ3) is 1.74. The van der Waals surface area contributed by atoms with Crippen LogP contribution in [0.4, 0.5) is 5.69 Å². The lowest BCUT2D eigenvalue weighted by Gasteiger charge is -2.28. The number of anilines is 1. The van der Waals surface area contributed by atoms with Crippen molar-refractivity contribution in [1.29, 1.82) is 5.26 Å². The number of fused-ring (bicyclic) bond motifs is 1. The van der Waals surface area contributed by atoms with E-state index in [-0.39, 0.29) is 0 Å². The van der Waals surface area contributed by atoms with Gasteiger partial charge in [-0.25, -0.2) is 0 Å². The minimum Gasteiger partial charge on any atom is -0.362 e. The summed E-state index contributed by atoms with van der Waals surface area (Å²) in [6, 6.07) is 9.76. The average molecular weight is 225 g/mol. The summed E-state index contributed by atoms with van der Waals surface area (Å²) < 4.78 is 2.07. The molecule has 0 aliphatic carbocycles. The second-order valence-corrected chi connectivity index (χ2v) is 4.02. The van der Waals surface area contributed by atoms with Crippen molar-refractivity contribution in [3.63, 3.8) is 0 Å². The topological polar surface area (TPSA) is 57.7 Å². The first kappa shape index (κ1) is 9.85. The van der Waals surface area contributed by atoms with Crippen LogP contribution in [0.1, 0.15) is 11.4 Å². The predicted octanol–water partition coefficient (Wildman–Crippen LogP) is 1.17. The Bertz CT molecular complexity index is 563. The first-order valence-electron chi connectivity index (χ1n) is 5.48. The first-order valence-corrected chi connectivity index (χ1v) is 5.48. The fourth-order valence-electron chi connectivity index (χ4n) is 2.03. The highest BCUT2D eigenvalue weighted by Gasteiger charge is 2.17. The second kappa shape index (κ2) is 3.91. The van der Waals surface area contributed by atoms with E-state index >= 15 is 0 Å². The van der Waals surface area contributed by atoms with Crippen LogP contribution in [-0.4, -0.2) is 21.3 Å². The molecule has 1 aromatic carbocycles. The predicted molar refractivity (Wildman–Crippen MR) is 62.2 cm³/mol. The van der Waals surface area contributed by atoms with Gasteiger partial charge in [0.2, 0.25) is 0 Å². The third-order valence-corrected chi connectivity index (χ3v) is 3.00. The molecule has 0 bridgehead atoms. The molecule has 5 heteroatoms. The quantitative estimate of drug-likeness (QED) is 0.731. The number of hydrogen-bond donors (Lipinski definition) is 0. The van der Waals surface area contributed by atoms with E-state index < -0.39 is 0 Å². The highest BCUT2D eigenvalue weighted by atomic mass is 15.3. The van der Waals surface area contributed by atoms with Crippen molar-refractivity contribution in [2.45, 2.75) is 13.1 Å². The molecular weight excluding hydrogens is 214 g/mol. The monoisotopic (exact) mass is 225 g/mol. The van der Waals surface area contributed by atoms with Gasteiger partial charge >= 0.3 is 0 Å².